The molecule has 0 radical (unpaired) electrons. The van der Waals surface area contributed by atoms with Crippen LogP contribution in [0, 0.1) is 13.8 Å². The molecule has 0 unspecified atom stereocenters. The predicted molar refractivity (Wildman–Crippen MR) is 131 cm³/mol. The third-order valence-corrected chi connectivity index (χ3v) is 5.29. The van der Waals surface area contributed by atoms with Gasteiger partial charge < -0.3 is 26.1 Å². The number of rotatable bonds is 7. The van der Waals surface area contributed by atoms with Gasteiger partial charge in [-0.15, -0.1) is 0 Å². The summed E-state index contributed by atoms with van der Waals surface area (Å²) in [6, 6.07) is 19.1. The van der Waals surface area contributed by atoms with E-state index in [2.05, 4.69) is 89.1 Å². The Hall–Kier alpha value is -3.67. The van der Waals surface area contributed by atoms with E-state index in [1.165, 1.54) is 16.5 Å². The number of hydrogen-bond donors (Lipinski definition) is 4. The second kappa shape index (κ2) is 9.00. The fourth-order valence-corrected chi connectivity index (χ4v) is 3.62. The van der Waals surface area contributed by atoms with Crippen molar-refractivity contribution < 1.29 is 4.74 Å². The smallest absolute Gasteiger partial charge is 0.188 e. The highest BCUT2D eigenvalue weighted by atomic mass is 16.5. The van der Waals surface area contributed by atoms with E-state index in [4.69, 9.17) is 10.5 Å². The summed E-state index contributed by atoms with van der Waals surface area (Å²) in [5.74, 6) is 1.27. The molecule has 6 heteroatoms. The normalized spacial score (nSPS) is 11.8. The van der Waals surface area contributed by atoms with Crippen LogP contribution in [0.5, 0.6) is 5.75 Å². The fraction of sp³-hybridized carbons (Fsp3) is 0.240. The third-order valence-electron chi connectivity index (χ3n) is 5.29. The number of fused-ring (bicyclic) bond motifs is 3. The summed E-state index contributed by atoms with van der Waals surface area (Å²) in [6.45, 7) is 5.48. The minimum Gasteiger partial charge on any atom is -0.491 e. The Morgan fingerprint density at radius 3 is 2.52 bits per heavy atom. The largest absolute Gasteiger partial charge is 0.491 e. The summed E-state index contributed by atoms with van der Waals surface area (Å²) >= 11 is 0. The van der Waals surface area contributed by atoms with Crippen LogP contribution in [0.4, 0.5) is 11.4 Å². The SMILES string of the molecule is CN=C(N)NCCCOc1cc(Nc2ccc(C)cc2)cc2c1[nH]c1ccc(C)cc12. The first-order valence-corrected chi connectivity index (χ1v) is 10.5. The van der Waals surface area contributed by atoms with E-state index in [0.717, 1.165) is 40.0 Å². The molecule has 6 nitrogen and oxygen atoms in total. The summed E-state index contributed by atoms with van der Waals surface area (Å²) in [7, 11) is 1.67. The van der Waals surface area contributed by atoms with Gasteiger partial charge in [0.1, 0.15) is 5.75 Å². The molecule has 0 amide bonds. The van der Waals surface area contributed by atoms with Gasteiger partial charge in [-0.05, 0) is 50.6 Å². The van der Waals surface area contributed by atoms with E-state index in [-0.39, 0.29) is 0 Å². The number of aromatic nitrogens is 1. The van der Waals surface area contributed by atoms with Crippen LogP contribution < -0.4 is 21.1 Å². The van der Waals surface area contributed by atoms with Gasteiger partial charge in [-0.1, -0.05) is 29.3 Å². The number of nitrogens with zero attached hydrogens (tertiary/aromatic N) is 1. The van der Waals surface area contributed by atoms with Crippen LogP contribution in [0.1, 0.15) is 17.5 Å². The molecule has 0 aliphatic rings. The first-order valence-electron chi connectivity index (χ1n) is 10.5. The van der Waals surface area contributed by atoms with Crippen LogP contribution in [-0.4, -0.2) is 31.1 Å². The molecule has 3 aromatic carbocycles. The van der Waals surface area contributed by atoms with Crippen molar-refractivity contribution in [1.82, 2.24) is 10.3 Å². The number of ether oxygens (including phenoxy) is 1. The Balaban J connectivity index is 1.65. The molecule has 5 N–H and O–H groups in total. The minimum atomic E-state index is 0.442. The van der Waals surface area contributed by atoms with Gasteiger partial charge >= 0.3 is 0 Å². The van der Waals surface area contributed by atoms with E-state index < -0.39 is 0 Å². The van der Waals surface area contributed by atoms with Crippen LogP contribution in [0.15, 0.2) is 59.6 Å². The maximum absolute atomic E-state index is 6.20. The maximum Gasteiger partial charge on any atom is 0.188 e. The zero-order valence-electron chi connectivity index (χ0n) is 18.3. The maximum atomic E-state index is 6.20. The van der Waals surface area contributed by atoms with Crippen molar-refractivity contribution in [3.8, 4) is 5.75 Å². The van der Waals surface area contributed by atoms with Crippen molar-refractivity contribution in [2.75, 3.05) is 25.5 Å². The van der Waals surface area contributed by atoms with Crippen molar-refractivity contribution in [2.45, 2.75) is 20.3 Å². The molecule has 0 aliphatic heterocycles. The van der Waals surface area contributed by atoms with Gasteiger partial charge in [0, 0.05) is 47.3 Å². The second-order valence-corrected chi connectivity index (χ2v) is 7.80. The zero-order chi connectivity index (χ0) is 21.8. The van der Waals surface area contributed by atoms with Crippen molar-refractivity contribution in [3.63, 3.8) is 0 Å². The third kappa shape index (κ3) is 4.74. The summed E-state index contributed by atoms with van der Waals surface area (Å²) in [6.07, 6.45) is 0.812. The zero-order valence-corrected chi connectivity index (χ0v) is 18.3. The standard InChI is InChI=1S/C25H29N5O/c1-16-5-8-18(9-6-16)29-19-14-21-20-13-17(2)7-10-22(20)30-24(21)23(15-19)31-12-4-11-28-25(26)27-3/h5-10,13-15,29-30H,4,11-12H2,1-3H3,(H3,26,27,28). The lowest BCUT2D eigenvalue weighted by atomic mass is 10.1. The van der Waals surface area contributed by atoms with Gasteiger partial charge in [0.05, 0.1) is 12.1 Å². The van der Waals surface area contributed by atoms with Crippen molar-refractivity contribution in [2.24, 2.45) is 10.7 Å². The Kier molecular flexibility index (Phi) is 5.98. The number of H-pyrrole nitrogens is 1. The second-order valence-electron chi connectivity index (χ2n) is 7.80. The fourth-order valence-electron chi connectivity index (χ4n) is 3.62. The number of guanidine groups is 1. The van der Waals surface area contributed by atoms with E-state index in [9.17, 15) is 0 Å². The summed E-state index contributed by atoms with van der Waals surface area (Å²) < 4.78 is 6.20. The first kappa shape index (κ1) is 20.6. The van der Waals surface area contributed by atoms with Crippen molar-refractivity contribution in [3.05, 3.63) is 65.7 Å². The first-order chi connectivity index (χ1) is 15.0. The molecule has 4 rings (SSSR count). The molecule has 160 valence electrons. The molecule has 4 aromatic rings. The molecule has 0 spiro atoms. The number of aryl methyl sites for hydroxylation is 2. The lowest BCUT2D eigenvalue weighted by molar-refractivity contribution is 0.314. The van der Waals surface area contributed by atoms with Crippen LogP contribution >= 0.6 is 0 Å². The molecular formula is C25H29N5O. The monoisotopic (exact) mass is 415 g/mol. The lowest BCUT2D eigenvalue weighted by Crippen LogP contribution is -2.32. The van der Waals surface area contributed by atoms with Crippen molar-refractivity contribution in [1.29, 1.82) is 0 Å². The molecule has 0 saturated heterocycles. The quantitative estimate of drug-likeness (QED) is 0.195. The van der Waals surface area contributed by atoms with E-state index >= 15 is 0 Å². The molecule has 0 saturated carbocycles. The van der Waals surface area contributed by atoms with E-state index in [1.54, 1.807) is 7.05 Å². The molecule has 1 aromatic heterocycles. The Morgan fingerprint density at radius 1 is 0.968 bits per heavy atom. The molecule has 0 fully saturated rings. The molecule has 0 bridgehead atoms. The minimum absolute atomic E-state index is 0.442. The predicted octanol–water partition coefficient (Wildman–Crippen LogP) is 4.98. The molecular weight excluding hydrogens is 386 g/mol. The molecule has 0 atom stereocenters. The van der Waals surface area contributed by atoms with Gasteiger partial charge in [0.15, 0.2) is 5.96 Å². The lowest BCUT2D eigenvalue weighted by Gasteiger charge is -2.12. The highest BCUT2D eigenvalue weighted by Gasteiger charge is 2.12. The number of nitrogens with one attached hydrogen (secondary N) is 3. The van der Waals surface area contributed by atoms with Gasteiger partial charge in [-0.3, -0.25) is 4.99 Å². The number of nitrogens with two attached hydrogens (primary N) is 1. The number of aromatic amines is 1. The molecule has 31 heavy (non-hydrogen) atoms. The van der Waals surface area contributed by atoms with Gasteiger partial charge in [-0.25, -0.2) is 0 Å². The van der Waals surface area contributed by atoms with Gasteiger partial charge in [0.2, 0.25) is 0 Å². The summed E-state index contributed by atoms with van der Waals surface area (Å²) in [4.78, 5) is 7.44. The Labute approximate surface area is 182 Å². The molecule has 0 aliphatic carbocycles. The van der Waals surface area contributed by atoms with Crippen molar-refractivity contribution >= 4 is 39.1 Å². The van der Waals surface area contributed by atoms with E-state index in [0.29, 0.717) is 19.1 Å². The van der Waals surface area contributed by atoms with Gasteiger partial charge in [-0.2, -0.15) is 0 Å². The average molecular weight is 416 g/mol. The number of hydrogen-bond acceptors (Lipinski definition) is 3. The van der Waals surface area contributed by atoms with Gasteiger partial charge in [0.25, 0.3) is 0 Å². The topological polar surface area (TPSA) is 87.5 Å². The highest BCUT2D eigenvalue weighted by molar-refractivity contribution is 6.10. The number of benzene rings is 3. The Morgan fingerprint density at radius 2 is 1.74 bits per heavy atom. The Bertz CT molecular complexity index is 1220. The average Bonchev–Trinajstić information content (AvgIpc) is 3.13. The van der Waals surface area contributed by atoms with Crippen LogP contribution in [0.25, 0.3) is 21.8 Å². The van der Waals surface area contributed by atoms with Crippen LogP contribution in [0.3, 0.4) is 0 Å². The number of aliphatic imine (C=N–C) groups is 1. The van der Waals surface area contributed by atoms with E-state index in [1.807, 2.05) is 0 Å². The van der Waals surface area contributed by atoms with Crippen LogP contribution in [-0.2, 0) is 0 Å². The molecule has 1 heterocycles. The summed E-state index contributed by atoms with van der Waals surface area (Å²) in [5.41, 5.74) is 12.3. The number of anilines is 2. The summed E-state index contributed by atoms with van der Waals surface area (Å²) in [5, 5.41) is 8.92. The van der Waals surface area contributed by atoms with Crippen LogP contribution in [0.2, 0.25) is 0 Å². The highest BCUT2D eigenvalue weighted by Crippen LogP contribution is 2.36.